The Kier molecular flexibility index (Phi) is 6.89. The first-order valence-electron chi connectivity index (χ1n) is 7.79. The summed E-state index contributed by atoms with van der Waals surface area (Å²) in [7, 11) is 0. The average molecular weight is 398 g/mol. The van der Waals surface area contributed by atoms with E-state index in [1.54, 1.807) is 0 Å². The second kappa shape index (κ2) is 7.98. The molecule has 4 N–H and O–H groups in total. The van der Waals surface area contributed by atoms with Crippen LogP contribution in [0, 0.1) is 0 Å². The summed E-state index contributed by atoms with van der Waals surface area (Å²) < 4.78 is 41.5. The predicted octanol–water partition coefficient (Wildman–Crippen LogP) is 2.39. The number of aliphatic hydroxyl groups is 2. The van der Waals surface area contributed by atoms with Crippen LogP contribution in [-0.2, 0) is 0 Å². The van der Waals surface area contributed by atoms with E-state index in [9.17, 15) is 28.2 Å². The predicted molar refractivity (Wildman–Crippen MR) is 92.5 cm³/mol. The number of nitrogens with zero attached hydrogens (tertiary/aromatic N) is 1. The second-order valence-electron chi connectivity index (χ2n) is 7.00. The molecule has 0 spiro atoms. The van der Waals surface area contributed by atoms with E-state index in [-0.39, 0.29) is 16.4 Å². The number of nitrogens with one attached hydrogen (secondary N) is 2. The molecule has 26 heavy (non-hydrogen) atoms. The summed E-state index contributed by atoms with van der Waals surface area (Å²) in [5.74, 6) is -4.28. The van der Waals surface area contributed by atoms with Gasteiger partial charge in [-0.15, -0.1) is 0 Å². The Hall–Kier alpha value is -1.58. The van der Waals surface area contributed by atoms with Gasteiger partial charge < -0.3 is 20.8 Å². The molecule has 1 rings (SSSR count). The van der Waals surface area contributed by atoms with E-state index in [4.69, 9.17) is 11.6 Å². The highest BCUT2D eigenvalue weighted by Gasteiger charge is 2.45. The zero-order chi connectivity index (χ0) is 20.3. The van der Waals surface area contributed by atoms with Crippen LogP contribution in [0.15, 0.2) is 12.3 Å². The molecular formula is C16H23ClF3N3O3. The molecule has 0 aliphatic carbocycles. The van der Waals surface area contributed by atoms with Crippen LogP contribution >= 0.6 is 11.6 Å². The van der Waals surface area contributed by atoms with Gasteiger partial charge in [-0.25, -0.2) is 18.2 Å². The fourth-order valence-corrected chi connectivity index (χ4v) is 1.86. The van der Waals surface area contributed by atoms with Crippen LogP contribution in [0.25, 0.3) is 0 Å². The minimum absolute atomic E-state index is 0.0458. The van der Waals surface area contributed by atoms with Crippen LogP contribution in [0.2, 0.25) is 5.15 Å². The number of hydrogen-bond donors (Lipinski definition) is 4. The van der Waals surface area contributed by atoms with E-state index in [0.29, 0.717) is 0 Å². The lowest BCUT2D eigenvalue weighted by molar-refractivity contribution is -0.151. The third kappa shape index (κ3) is 6.00. The van der Waals surface area contributed by atoms with Crippen molar-refractivity contribution in [2.45, 2.75) is 51.0 Å². The van der Waals surface area contributed by atoms with Crippen molar-refractivity contribution in [3.8, 4) is 0 Å². The zero-order valence-electron chi connectivity index (χ0n) is 14.9. The fraction of sp³-hybridized carbons (Fsp3) is 0.625. The van der Waals surface area contributed by atoms with Gasteiger partial charge in [0.05, 0.1) is 29.9 Å². The molecule has 0 fully saturated rings. The highest BCUT2D eigenvalue weighted by atomic mass is 35.5. The van der Waals surface area contributed by atoms with Gasteiger partial charge >= 0.3 is 0 Å². The average Bonchev–Trinajstić information content (AvgIpc) is 2.48. The van der Waals surface area contributed by atoms with Gasteiger partial charge in [0, 0.05) is 6.20 Å². The topological polar surface area (TPSA) is 94.5 Å². The van der Waals surface area contributed by atoms with Crippen LogP contribution in [0.4, 0.5) is 18.9 Å². The minimum atomic E-state index is -3.50. The fourth-order valence-electron chi connectivity index (χ4n) is 1.71. The molecule has 1 heterocycles. The molecule has 6 nitrogen and oxygen atoms in total. The molecular weight excluding hydrogens is 375 g/mol. The van der Waals surface area contributed by atoms with Gasteiger partial charge in [-0.2, -0.15) is 0 Å². The molecule has 1 aromatic heterocycles. The second-order valence-corrected chi connectivity index (χ2v) is 7.39. The number of halogens is 4. The van der Waals surface area contributed by atoms with E-state index in [2.05, 4.69) is 15.6 Å². The molecule has 0 aromatic carbocycles. The van der Waals surface area contributed by atoms with E-state index in [1.807, 2.05) is 0 Å². The largest absolute Gasteiger partial charge is 0.387 e. The molecule has 1 aromatic rings. The van der Waals surface area contributed by atoms with Crippen molar-refractivity contribution in [1.29, 1.82) is 0 Å². The standard InChI is InChI=1S/C16H23ClF3N3O3/c1-14(2,25)11(18)7-22-13(24)9-6-21-12(17)5-10(9)23-8-16(19,20)15(3,4)26/h5-6,11,25-26H,7-8H2,1-4H3,(H,21,23)(H,22,24). The van der Waals surface area contributed by atoms with E-state index in [1.165, 1.54) is 19.9 Å². The molecule has 1 atom stereocenters. The number of aromatic nitrogens is 1. The van der Waals surface area contributed by atoms with Gasteiger partial charge in [0.1, 0.15) is 16.9 Å². The third-order valence-electron chi connectivity index (χ3n) is 3.72. The van der Waals surface area contributed by atoms with Gasteiger partial charge in [-0.05, 0) is 33.8 Å². The Balaban J connectivity index is 2.92. The summed E-state index contributed by atoms with van der Waals surface area (Å²) in [4.78, 5) is 15.9. The third-order valence-corrected chi connectivity index (χ3v) is 3.93. The summed E-state index contributed by atoms with van der Waals surface area (Å²) in [6.45, 7) is 2.97. The van der Waals surface area contributed by atoms with E-state index >= 15 is 0 Å². The van der Waals surface area contributed by atoms with Crippen LogP contribution in [-0.4, -0.2) is 57.5 Å². The van der Waals surface area contributed by atoms with Crippen molar-refractivity contribution >= 4 is 23.2 Å². The van der Waals surface area contributed by atoms with Crippen LogP contribution < -0.4 is 10.6 Å². The normalized spacial score (nSPS) is 14.1. The van der Waals surface area contributed by atoms with Crippen molar-refractivity contribution in [3.63, 3.8) is 0 Å². The molecule has 0 radical (unpaired) electrons. The molecule has 1 amide bonds. The van der Waals surface area contributed by atoms with Gasteiger partial charge in [-0.3, -0.25) is 4.79 Å². The summed E-state index contributed by atoms with van der Waals surface area (Å²) in [6.07, 6.45) is -0.679. The first-order chi connectivity index (χ1) is 11.6. The smallest absolute Gasteiger partial charge is 0.292 e. The van der Waals surface area contributed by atoms with E-state index < -0.39 is 42.3 Å². The molecule has 1 unspecified atom stereocenters. The number of anilines is 1. The van der Waals surface area contributed by atoms with Gasteiger partial charge in [0.2, 0.25) is 0 Å². The van der Waals surface area contributed by atoms with Crippen molar-refractivity contribution < 1.29 is 28.2 Å². The SMILES string of the molecule is CC(C)(O)C(F)CNC(=O)c1cnc(Cl)cc1NCC(F)(F)C(C)(C)O. The van der Waals surface area contributed by atoms with Gasteiger partial charge in [0.25, 0.3) is 11.8 Å². The molecule has 0 bridgehead atoms. The first-order valence-corrected chi connectivity index (χ1v) is 8.17. The summed E-state index contributed by atoms with van der Waals surface area (Å²) in [5, 5.41) is 23.6. The zero-order valence-corrected chi connectivity index (χ0v) is 15.7. The van der Waals surface area contributed by atoms with Crippen molar-refractivity contribution in [1.82, 2.24) is 10.3 Å². The number of hydrogen-bond acceptors (Lipinski definition) is 5. The maximum Gasteiger partial charge on any atom is 0.292 e. The van der Waals surface area contributed by atoms with Crippen LogP contribution in [0.5, 0.6) is 0 Å². The molecule has 0 saturated carbocycles. The monoisotopic (exact) mass is 397 g/mol. The molecule has 148 valence electrons. The molecule has 0 aliphatic rings. The highest BCUT2D eigenvalue weighted by molar-refractivity contribution is 6.29. The van der Waals surface area contributed by atoms with Crippen molar-refractivity contribution in [2.24, 2.45) is 0 Å². The quantitative estimate of drug-likeness (QED) is 0.505. The Bertz CT molecular complexity index is 646. The number of carbonyl (C=O) groups is 1. The molecule has 0 aliphatic heterocycles. The number of alkyl halides is 3. The Morgan fingerprint density at radius 2 is 1.88 bits per heavy atom. The molecule has 10 heteroatoms. The van der Waals surface area contributed by atoms with Crippen molar-refractivity contribution in [3.05, 3.63) is 23.0 Å². The lowest BCUT2D eigenvalue weighted by Gasteiger charge is -2.29. The van der Waals surface area contributed by atoms with Gasteiger partial charge in [0.15, 0.2) is 0 Å². The lowest BCUT2D eigenvalue weighted by Crippen LogP contribution is -2.47. The van der Waals surface area contributed by atoms with Crippen LogP contribution in [0.3, 0.4) is 0 Å². The van der Waals surface area contributed by atoms with E-state index in [0.717, 1.165) is 20.0 Å². The minimum Gasteiger partial charge on any atom is -0.387 e. The number of carbonyl (C=O) groups excluding carboxylic acids is 1. The summed E-state index contributed by atoms with van der Waals surface area (Å²) in [5.41, 5.74) is -4.12. The lowest BCUT2D eigenvalue weighted by atomic mass is 10.0. The maximum absolute atomic E-state index is 13.9. The Morgan fingerprint density at radius 1 is 1.31 bits per heavy atom. The highest BCUT2D eigenvalue weighted by Crippen LogP contribution is 2.29. The van der Waals surface area contributed by atoms with Gasteiger partial charge in [-0.1, -0.05) is 11.6 Å². The summed E-state index contributed by atoms with van der Waals surface area (Å²) in [6, 6.07) is 1.17. The number of pyridine rings is 1. The molecule has 0 saturated heterocycles. The Morgan fingerprint density at radius 3 is 2.38 bits per heavy atom. The van der Waals surface area contributed by atoms with Crippen LogP contribution in [0.1, 0.15) is 38.1 Å². The Labute approximate surface area is 154 Å². The number of rotatable bonds is 8. The first kappa shape index (κ1) is 22.5. The summed E-state index contributed by atoms with van der Waals surface area (Å²) >= 11 is 5.74. The number of amides is 1. The maximum atomic E-state index is 13.9. The van der Waals surface area contributed by atoms with Crippen molar-refractivity contribution in [2.75, 3.05) is 18.4 Å².